The summed E-state index contributed by atoms with van der Waals surface area (Å²) in [6.07, 6.45) is -13.8. The van der Waals surface area contributed by atoms with Crippen LogP contribution in [0.1, 0.15) is 12.0 Å². The molecular formula is C10H6BrClF7N. The molecule has 0 bridgehead atoms. The largest absolute Gasteiger partial charge is 0.427 e. The van der Waals surface area contributed by atoms with Gasteiger partial charge in [0.25, 0.3) is 0 Å². The normalized spacial score (nSPS) is 16.1. The lowest BCUT2D eigenvalue weighted by Gasteiger charge is -2.29. The summed E-state index contributed by atoms with van der Waals surface area (Å²) in [5.74, 6) is 0. The van der Waals surface area contributed by atoms with Gasteiger partial charge in [-0.05, 0) is 28.1 Å². The average molecular weight is 389 g/mol. The molecule has 0 saturated carbocycles. The summed E-state index contributed by atoms with van der Waals surface area (Å²) < 4.78 is 88.7. The molecule has 0 fully saturated rings. The minimum atomic E-state index is -5.76. The molecule has 0 saturated heterocycles. The van der Waals surface area contributed by atoms with Gasteiger partial charge < -0.3 is 5.73 Å². The molecule has 0 spiro atoms. The van der Waals surface area contributed by atoms with Crippen LogP contribution in [0.2, 0.25) is 5.02 Å². The van der Waals surface area contributed by atoms with E-state index in [1.165, 1.54) is 0 Å². The maximum atomic E-state index is 14.1. The first kappa shape index (κ1) is 17.4. The Bertz CT molecular complexity index is 490. The van der Waals surface area contributed by atoms with E-state index in [-0.39, 0.29) is 10.2 Å². The second-order valence-electron chi connectivity index (χ2n) is 3.94. The fourth-order valence-corrected chi connectivity index (χ4v) is 2.25. The molecule has 1 nitrogen and oxygen atoms in total. The fraction of sp³-hybridized carbons (Fsp3) is 0.400. The number of benzene rings is 1. The zero-order valence-electron chi connectivity index (χ0n) is 9.34. The van der Waals surface area contributed by atoms with E-state index < -0.39 is 35.0 Å². The van der Waals surface area contributed by atoms with E-state index in [9.17, 15) is 30.7 Å². The van der Waals surface area contributed by atoms with Crippen LogP contribution in [0.3, 0.4) is 0 Å². The minimum absolute atomic E-state index is 0.202. The van der Waals surface area contributed by atoms with Crippen LogP contribution in [0.4, 0.5) is 36.4 Å². The van der Waals surface area contributed by atoms with Crippen LogP contribution < -0.4 is 5.73 Å². The highest BCUT2D eigenvalue weighted by Gasteiger charge is 2.62. The third kappa shape index (κ3) is 3.49. The van der Waals surface area contributed by atoms with Crippen molar-refractivity contribution in [3.05, 3.63) is 27.2 Å². The van der Waals surface area contributed by atoms with Crippen LogP contribution >= 0.6 is 27.5 Å². The lowest BCUT2D eigenvalue weighted by molar-refractivity contribution is -0.273. The van der Waals surface area contributed by atoms with Crippen molar-refractivity contribution in [2.45, 2.75) is 24.4 Å². The summed E-state index contributed by atoms with van der Waals surface area (Å²) in [6, 6.07) is 0.960. The van der Waals surface area contributed by atoms with Gasteiger partial charge in [-0.25, -0.2) is 4.39 Å². The summed E-state index contributed by atoms with van der Waals surface area (Å²) in [5, 5.41) is -0.483. The molecule has 0 aliphatic heterocycles. The highest BCUT2D eigenvalue weighted by atomic mass is 79.9. The average Bonchev–Trinajstić information content (AvgIpc) is 2.21. The van der Waals surface area contributed by atoms with Crippen LogP contribution in [-0.4, -0.2) is 12.4 Å². The Hall–Kier alpha value is -0.700. The zero-order valence-corrected chi connectivity index (χ0v) is 11.7. The van der Waals surface area contributed by atoms with Crippen molar-refractivity contribution < 1.29 is 30.7 Å². The van der Waals surface area contributed by atoms with Crippen LogP contribution in [-0.2, 0) is 5.67 Å². The maximum absolute atomic E-state index is 14.1. The van der Waals surface area contributed by atoms with Gasteiger partial charge in [0.1, 0.15) is 0 Å². The topological polar surface area (TPSA) is 26.0 Å². The number of halogens is 9. The summed E-state index contributed by atoms with van der Waals surface area (Å²) in [4.78, 5) is 0. The zero-order chi connectivity index (χ0) is 15.9. The number of hydrogen-bond acceptors (Lipinski definition) is 1. The fourth-order valence-electron chi connectivity index (χ4n) is 1.46. The molecule has 10 heteroatoms. The number of anilines is 1. The van der Waals surface area contributed by atoms with Crippen molar-refractivity contribution >= 4 is 33.2 Å². The van der Waals surface area contributed by atoms with Crippen molar-refractivity contribution in [1.82, 2.24) is 0 Å². The molecule has 20 heavy (non-hydrogen) atoms. The van der Waals surface area contributed by atoms with E-state index in [1.54, 1.807) is 0 Å². The molecule has 0 amide bonds. The minimum Gasteiger partial charge on any atom is -0.397 e. The molecule has 0 aliphatic rings. The van der Waals surface area contributed by atoms with Crippen molar-refractivity contribution in [2.24, 2.45) is 0 Å². The van der Waals surface area contributed by atoms with Crippen LogP contribution in [0.25, 0.3) is 0 Å². The number of nitrogens with two attached hydrogens (primary N) is 1. The molecule has 0 heterocycles. The summed E-state index contributed by atoms with van der Waals surface area (Å²) in [5.41, 5.74) is -0.752. The van der Waals surface area contributed by atoms with Crippen molar-refractivity contribution in [1.29, 1.82) is 0 Å². The lowest BCUT2D eigenvalue weighted by Crippen LogP contribution is -2.42. The second kappa shape index (κ2) is 5.25. The highest BCUT2D eigenvalue weighted by molar-refractivity contribution is 9.10. The van der Waals surface area contributed by atoms with E-state index in [4.69, 9.17) is 17.3 Å². The lowest BCUT2D eigenvalue weighted by atomic mass is 9.91. The number of nitrogen functional groups attached to an aromatic ring is 1. The molecule has 2 N–H and O–H groups in total. The summed E-state index contributed by atoms with van der Waals surface area (Å²) >= 11 is 8.19. The van der Waals surface area contributed by atoms with Gasteiger partial charge in [-0.1, -0.05) is 11.6 Å². The molecule has 0 radical (unpaired) electrons. The van der Waals surface area contributed by atoms with Gasteiger partial charge in [-0.15, -0.1) is 0 Å². The third-order valence-electron chi connectivity index (χ3n) is 2.43. The van der Waals surface area contributed by atoms with Crippen molar-refractivity contribution in [2.75, 3.05) is 5.73 Å². The van der Waals surface area contributed by atoms with Crippen LogP contribution in [0.15, 0.2) is 16.6 Å². The Labute approximate surface area is 122 Å². The molecule has 1 aromatic rings. The highest BCUT2D eigenvalue weighted by Crippen LogP contribution is 2.50. The van der Waals surface area contributed by atoms with Gasteiger partial charge in [-0.2, -0.15) is 26.3 Å². The quantitative estimate of drug-likeness (QED) is 0.535. The SMILES string of the molecule is Nc1c(Cl)cc(C(F)(CC(F)(F)F)C(F)(F)F)cc1Br. The van der Waals surface area contributed by atoms with E-state index >= 15 is 0 Å². The number of rotatable bonds is 2. The van der Waals surface area contributed by atoms with E-state index in [0.29, 0.717) is 12.1 Å². The second-order valence-corrected chi connectivity index (χ2v) is 5.21. The van der Waals surface area contributed by atoms with Gasteiger partial charge in [0, 0.05) is 10.0 Å². The molecule has 114 valence electrons. The Kier molecular flexibility index (Phi) is 4.55. The number of hydrogen-bond donors (Lipinski definition) is 1. The monoisotopic (exact) mass is 387 g/mol. The molecule has 1 rings (SSSR count). The van der Waals surface area contributed by atoms with Crippen molar-refractivity contribution in [3.63, 3.8) is 0 Å². The van der Waals surface area contributed by atoms with Crippen molar-refractivity contribution in [3.8, 4) is 0 Å². The van der Waals surface area contributed by atoms with Crippen LogP contribution in [0, 0.1) is 0 Å². The standard InChI is InChI=1S/C10H6BrClF7N/c11-5-1-4(2-6(12)7(5)20)8(13,10(17,18)19)3-9(14,15)16/h1-2H,3,20H2. The number of alkyl halides is 7. The molecule has 0 aromatic heterocycles. The Balaban J connectivity index is 3.47. The Morgan fingerprint density at radius 3 is 1.90 bits per heavy atom. The summed E-state index contributed by atoms with van der Waals surface area (Å²) in [7, 11) is 0. The van der Waals surface area contributed by atoms with Gasteiger partial charge in [0.05, 0.1) is 17.1 Å². The maximum Gasteiger partial charge on any atom is 0.427 e. The third-order valence-corrected chi connectivity index (χ3v) is 3.40. The predicted molar refractivity (Wildman–Crippen MR) is 63.1 cm³/mol. The molecule has 1 aromatic carbocycles. The Morgan fingerprint density at radius 2 is 1.55 bits per heavy atom. The van der Waals surface area contributed by atoms with Gasteiger partial charge in [-0.3, -0.25) is 0 Å². The van der Waals surface area contributed by atoms with Gasteiger partial charge >= 0.3 is 12.4 Å². The van der Waals surface area contributed by atoms with E-state index in [2.05, 4.69) is 15.9 Å². The van der Waals surface area contributed by atoms with E-state index in [0.717, 1.165) is 0 Å². The molecule has 0 aliphatic carbocycles. The van der Waals surface area contributed by atoms with Gasteiger partial charge in [0.15, 0.2) is 0 Å². The predicted octanol–water partition coefficient (Wildman–Crippen LogP) is 5.36. The Morgan fingerprint density at radius 1 is 1.05 bits per heavy atom. The van der Waals surface area contributed by atoms with Gasteiger partial charge in [0.2, 0.25) is 5.67 Å². The molecule has 1 atom stereocenters. The smallest absolute Gasteiger partial charge is 0.397 e. The van der Waals surface area contributed by atoms with Crippen LogP contribution in [0.5, 0.6) is 0 Å². The first-order valence-electron chi connectivity index (χ1n) is 4.85. The van der Waals surface area contributed by atoms with E-state index in [1.807, 2.05) is 0 Å². The summed E-state index contributed by atoms with van der Waals surface area (Å²) in [6.45, 7) is 0. The first-order chi connectivity index (χ1) is 8.78. The molecule has 1 unspecified atom stereocenters. The molecular weight excluding hydrogens is 382 g/mol. The first-order valence-corrected chi connectivity index (χ1v) is 6.02.